The summed E-state index contributed by atoms with van der Waals surface area (Å²) >= 11 is 0. The average molecular weight is 248 g/mol. The van der Waals surface area contributed by atoms with Crippen LogP contribution in [0.4, 0.5) is 0 Å². The summed E-state index contributed by atoms with van der Waals surface area (Å²) in [6.07, 6.45) is 8.07. The van der Waals surface area contributed by atoms with E-state index in [1.807, 2.05) is 0 Å². The largest absolute Gasteiger partial charge is 0.282 e. The van der Waals surface area contributed by atoms with Gasteiger partial charge >= 0.3 is 0 Å². The highest BCUT2D eigenvalue weighted by atomic mass is 15.3. The van der Waals surface area contributed by atoms with Crippen molar-refractivity contribution in [3.05, 3.63) is 11.3 Å². The van der Waals surface area contributed by atoms with E-state index in [4.69, 9.17) is 0 Å². The monoisotopic (exact) mass is 248 g/mol. The van der Waals surface area contributed by atoms with Crippen LogP contribution in [0.25, 0.3) is 0 Å². The van der Waals surface area contributed by atoms with Crippen LogP contribution >= 0.6 is 0 Å². The van der Waals surface area contributed by atoms with E-state index in [9.17, 15) is 0 Å². The normalized spacial score (nSPS) is 29.3. The molecule has 0 saturated heterocycles. The molecule has 0 aromatic heterocycles. The lowest BCUT2D eigenvalue weighted by Crippen LogP contribution is -2.30. The number of hydrazone groups is 1. The molecule has 1 aliphatic heterocycles. The van der Waals surface area contributed by atoms with Crippen molar-refractivity contribution >= 4 is 5.71 Å². The molecule has 2 aliphatic rings. The summed E-state index contributed by atoms with van der Waals surface area (Å²) in [6, 6.07) is 0. The van der Waals surface area contributed by atoms with Crippen LogP contribution in [0, 0.1) is 17.8 Å². The zero-order valence-corrected chi connectivity index (χ0v) is 12.4. The van der Waals surface area contributed by atoms with Crippen LogP contribution in [-0.2, 0) is 0 Å². The maximum Gasteiger partial charge on any atom is 0.0423 e. The van der Waals surface area contributed by atoms with Crippen molar-refractivity contribution in [2.75, 3.05) is 0 Å². The van der Waals surface area contributed by atoms with Crippen LogP contribution in [0.15, 0.2) is 16.4 Å². The molecule has 1 aliphatic carbocycles. The zero-order chi connectivity index (χ0) is 13.1. The van der Waals surface area contributed by atoms with Gasteiger partial charge in [-0.05, 0) is 43.6 Å². The standard InChI is InChI=1S/C16H28N2/c1-5-13-7-6-8-14-12(4)17-18-16(11(2)3)15(14)10-9-13/h11,13-14,18H,5-10H2,1-4H3. The minimum absolute atomic E-state index is 0.568. The van der Waals surface area contributed by atoms with Crippen molar-refractivity contribution in [1.29, 1.82) is 0 Å². The van der Waals surface area contributed by atoms with Crippen molar-refractivity contribution in [2.45, 2.75) is 66.2 Å². The van der Waals surface area contributed by atoms with Crippen molar-refractivity contribution in [1.82, 2.24) is 5.43 Å². The third-order valence-corrected chi connectivity index (χ3v) is 4.71. The summed E-state index contributed by atoms with van der Waals surface area (Å²) in [5, 5.41) is 4.54. The maximum absolute atomic E-state index is 4.54. The van der Waals surface area contributed by atoms with E-state index >= 15 is 0 Å². The number of allylic oxidation sites excluding steroid dienone is 2. The first-order valence-corrected chi connectivity index (χ1v) is 7.66. The third kappa shape index (κ3) is 2.78. The second kappa shape index (κ2) is 5.90. The number of nitrogens with zero attached hydrogens (tertiary/aromatic N) is 1. The maximum atomic E-state index is 4.54. The Balaban J connectivity index is 2.23. The van der Waals surface area contributed by atoms with Crippen LogP contribution in [0.2, 0.25) is 0 Å². The molecule has 2 nitrogen and oxygen atoms in total. The Labute approximate surface area is 112 Å². The fourth-order valence-corrected chi connectivity index (χ4v) is 3.45. The minimum Gasteiger partial charge on any atom is -0.282 e. The summed E-state index contributed by atoms with van der Waals surface area (Å²) in [5.74, 6) is 2.13. The molecule has 2 atom stereocenters. The lowest BCUT2D eigenvalue weighted by atomic mass is 9.77. The molecule has 2 unspecified atom stereocenters. The third-order valence-electron chi connectivity index (χ3n) is 4.71. The van der Waals surface area contributed by atoms with Gasteiger partial charge in [0.15, 0.2) is 0 Å². The Kier molecular flexibility index (Phi) is 4.47. The first-order valence-electron chi connectivity index (χ1n) is 7.66. The van der Waals surface area contributed by atoms with Gasteiger partial charge in [0.05, 0.1) is 0 Å². The summed E-state index contributed by atoms with van der Waals surface area (Å²) < 4.78 is 0. The Morgan fingerprint density at radius 1 is 1.28 bits per heavy atom. The molecule has 102 valence electrons. The van der Waals surface area contributed by atoms with Gasteiger partial charge in [-0.3, -0.25) is 5.43 Å². The van der Waals surface area contributed by atoms with Gasteiger partial charge in [-0.2, -0.15) is 5.10 Å². The number of fused-ring (bicyclic) bond motifs is 1. The first-order chi connectivity index (χ1) is 8.63. The van der Waals surface area contributed by atoms with E-state index in [-0.39, 0.29) is 0 Å². The Morgan fingerprint density at radius 3 is 2.72 bits per heavy atom. The van der Waals surface area contributed by atoms with E-state index in [2.05, 4.69) is 38.2 Å². The molecule has 2 rings (SSSR count). The summed E-state index contributed by atoms with van der Waals surface area (Å²) in [5.41, 5.74) is 7.68. The van der Waals surface area contributed by atoms with Crippen LogP contribution in [0.3, 0.4) is 0 Å². The summed E-state index contributed by atoms with van der Waals surface area (Å²) in [7, 11) is 0. The Morgan fingerprint density at radius 2 is 2.06 bits per heavy atom. The molecule has 0 aromatic carbocycles. The van der Waals surface area contributed by atoms with Gasteiger partial charge in [-0.15, -0.1) is 0 Å². The van der Waals surface area contributed by atoms with Crippen LogP contribution in [0.5, 0.6) is 0 Å². The molecule has 1 fully saturated rings. The topological polar surface area (TPSA) is 24.4 Å². The number of rotatable bonds is 2. The van der Waals surface area contributed by atoms with Gasteiger partial charge in [-0.1, -0.05) is 40.0 Å². The summed E-state index contributed by atoms with van der Waals surface area (Å²) in [6.45, 7) is 9.08. The molecule has 0 aromatic rings. The Bertz CT molecular complexity index is 352. The molecule has 2 heteroatoms. The van der Waals surface area contributed by atoms with Gasteiger partial charge in [0, 0.05) is 17.3 Å². The van der Waals surface area contributed by atoms with Crippen LogP contribution in [-0.4, -0.2) is 5.71 Å². The van der Waals surface area contributed by atoms with Gasteiger partial charge in [0.2, 0.25) is 0 Å². The quantitative estimate of drug-likeness (QED) is 0.765. The molecule has 0 spiro atoms. The van der Waals surface area contributed by atoms with Crippen molar-refractivity contribution < 1.29 is 0 Å². The predicted octanol–water partition coefficient (Wildman–Crippen LogP) is 4.48. The second-order valence-corrected chi connectivity index (χ2v) is 6.26. The van der Waals surface area contributed by atoms with Crippen LogP contribution < -0.4 is 5.43 Å². The van der Waals surface area contributed by atoms with Gasteiger partial charge < -0.3 is 0 Å². The summed E-state index contributed by atoms with van der Waals surface area (Å²) in [4.78, 5) is 0. The molecular weight excluding hydrogens is 220 g/mol. The highest BCUT2D eigenvalue weighted by molar-refractivity contribution is 5.87. The van der Waals surface area contributed by atoms with Crippen molar-refractivity contribution in [3.8, 4) is 0 Å². The van der Waals surface area contributed by atoms with E-state index < -0.39 is 0 Å². The smallest absolute Gasteiger partial charge is 0.0423 e. The molecular formula is C16H28N2. The lowest BCUT2D eigenvalue weighted by molar-refractivity contribution is 0.377. The fraction of sp³-hybridized carbons (Fsp3) is 0.812. The molecule has 1 saturated carbocycles. The molecule has 0 bridgehead atoms. The van der Waals surface area contributed by atoms with Gasteiger partial charge in [-0.25, -0.2) is 0 Å². The SMILES string of the molecule is CCC1CCCC2C(C)=NNC(C(C)C)=C2CC1. The van der Waals surface area contributed by atoms with Crippen molar-refractivity contribution in [2.24, 2.45) is 22.9 Å². The molecule has 1 heterocycles. The van der Waals surface area contributed by atoms with Crippen LogP contribution in [0.1, 0.15) is 66.2 Å². The van der Waals surface area contributed by atoms with E-state index in [1.165, 1.54) is 49.9 Å². The van der Waals surface area contributed by atoms with Gasteiger partial charge in [0.1, 0.15) is 0 Å². The highest BCUT2D eigenvalue weighted by Gasteiger charge is 2.28. The van der Waals surface area contributed by atoms with E-state index in [1.54, 1.807) is 5.57 Å². The molecule has 18 heavy (non-hydrogen) atoms. The predicted molar refractivity (Wildman–Crippen MR) is 78.5 cm³/mol. The second-order valence-electron chi connectivity index (χ2n) is 6.26. The van der Waals surface area contributed by atoms with Gasteiger partial charge in [0.25, 0.3) is 0 Å². The van der Waals surface area contributed by atoms with Crippen molar-refractivity contribution in [3.63, 3.8) is 0 Å². The molecule has 0 amide bonds. The highest BCUT2D eigenvalue weighted by Crippen LogP contribution is 2.36. The van der Waals surface area contributed by atoms with E-state index in [0.717, 1.165) is 5.92 Å². The fourth-order valence-electron chi connectivity index (χ4n) is 3.45. The number of nitrogens with one attached hydrogen (secondary N) is 1. The Hall–Kier alpha value is -0.790. The lowest BCUT2D eigenvalue weighted by Gasteiger charge is -2.33. The average Bonchev–Trinajstić information content (AvgIpc) is 2.31. The zero-order valence-electron chi connectivity index (χ0n) is 12.4. The molecule has 0 radical (unpaired) electrons. The van der Waals surface area contributed by atoms with E-state index in [0.29, 0.717) is 11.8 Å². The first kappa shape index (κ1) is 13.6. The number of hydrogen-bond donors (Lipinski definition) is 1. The molecule has 1 N–H and O–H groups in total. The minimum atomic E-state index is 0.568. The number of hydrogen-bond acceptors (Lipinski definition) is 2.